The summed E-state index contributed by atoms with van der Waals surface area (Å²) in [6.45, 7) is 2.70. The van der Waals surface area contributed by atoms with E-state index in [4.69, 9.17) is 5.73 Å². The summed E-state index contributed by atoms with van der Waals surface area (Å²) in [4.78, 5) is 15.5. The maximum Gasteiger partial charge on any atom is 0.293 e. The van der Waals surface area contributed by atoms with Crippen LogP contribution in [0.4, 0.5) is 5.82 Å². The molecule has 0 aliphatic rings. The highest BCUT2D eigenvalue weighted by molar-refractivity contribution is 5.30. The highest BCUT2D eigenvalue weighted by Gasteiger charge is 2.01. The molecular formula is C10H18N4O. The maximum absolute atomic E-state index is 11.5. The molecule has 0 radical (unpaired) electrons. The van der Waals surface area contributed by atoms with Crippen LogP contribution >= 0.6 is 0 Å². The predicted octanol–water partition coefficient (Wildman–Crippen LogP) is 0.320. The minimum atomic E-state index is -0.0988. The van der Waals surface area contributed by atoms with Crippen LogP contribution in [0.3, 0.4) is 0 Å². The fraction of sp³-hybridized carbons (Fsp3) is 0.600. The topological polar surface area (TPSA) is 72.9 Å². The largest absolute Gasteiger partial charge is 0.365 e. The molecule has 1 heterocycles. The SMILES string of the molecule is CC(N)CCCNc1nccn(C)c1=O. The molecule has 0 bridgehead atoms. The van der Waals surface area contributed by atoms with Crippen LogP contribution in [0.2, 0.25) is 0 Å². The zero-order chi connectivity index (χ0) is 11.3. The molecule has 1 aromatic heterocycles. The van der Waals surface area contributed by atoms with Gasteiger partial charge < -0.3 is 15.6 Å². The third-order valence-electron chi connectivity index (χ3n) is 2.15. The molecule has 0 saturated carbocycles. The van der Waals surface area contributed by atoms with Gasteiger partial charge in [-0.2, -0.15) is 0 Å². The number of hydrogen-bond donors (Lipinski definition) is 2. The summed E-state index contributed by atoms with van der Waals surface area (Å²) >= 11 is 0. The van der Waals surface area contributed by atoms with Gasteiger partial charge in [-0.1, -0.05) is 0 Å². The van der Waals surface area contributed by atoms with E-state index in [0.29, 0.717) is 5.82 Å². The first-order chi connectivity index (χ1) is 7.11. The molecule has 84 valence electrons. The lowest BCUT2D eigenvalue weighted by Crippen LogP contribution is -2.23. The van der Waals surface area contributed by atoms with Gasteiger partial charge in [-0.3, -0.25) is 4.79 Å². The summed E-state index contributed by atoms with van der Waals surface area (Å²) in [6.07, 6.45) is 5.13. The van der Waals surface area contributed by atoms with E-state index in [2.05, 4.69) is 10.3 Å². The summed E-state index contributed by atoms with van der Waals surface area (Å²) in [5.41, 5.74) is 5.52. The Labute approximate surface area is 89.3 Å². The molecule has 0 spiro atoms. The van der Waals surface area contributed by atoms with Crippen molar-refractivity contribution in [1.29, 1.82) is 0 Å². The molecule has 1 unspecified atom stereocenters. The zero-order valence-corrected chi connectivity index (χ0v) is 9.23. The van der Waals surface area contributed by atoms with Gasteiger partial charge in [0.2, 0.25) is 0 Å². The van der Waals surface area contributed by atoms with Gasteiger partial charge in [-0.15, -0.1) is 0 Å². The first-order valence-corrected chi connectivity index (χ1v) is 5.12. The molecular weight excluding hydrogens is 192 g/mol. The molecule has 0 aliphatic heterocycles. The van der Waals surface area contributed by atoms with E-state index < -0.39 is 0 Å². The Morgan fingerprint density at radius 1 is 1.67 bits per heavy atom. The Kier molecular flexibility index (Phi) is 4.30. The van der Waals surface area contributed by atoms with Crippen LogP contribution in [-0.2, 0) is 7.05 Å². The van der Waals surface area contributed by atoms with E-state index in [1.165, 1.54) is 4.57 Å². The van der Waals surface area contributed by atoms with E-state index in [-0.39, 0.29) is 11.6 Å². The summed E-state index contributed by atoms with van der Waals surface area (Å²) < 4.78 is 1.50. The summed E-state index contributed by atoms with van der Waals surface area (Å²) in [7, 11) is 1.71. The second-order valence-corrected chi connectivity index (χ2v) is 3.74. The van der Waals surface area contributed by atoms with Crippen LogP contribution in [-0.4, -0.2) is 22.1 Å². The molecule has 0 fully saturated rings. The van der Waals surface area contributed by atoms with Gasteiger partial charge in [0.25, 0.3) is 5.56 Å². The van der Waals surface area contributed by atoms with Gasteiger partial charge in [-0.25, -0.2) is 4.98 Å². The van der Waals surface area contributed by atoms with Gasteiger partial charge in [-0.05, 0) is 19.8 Å². The number of aryl methyl sites for hydroxylation is 1. The Hall–Kier alpha value is -1.36. The van der Waals surface area contributed by atoms with E-state index >= 15 is 0 Å². The van der Waals surface area contributed by atoms with Crippen LogP contribution in [0.15, 0.2) is 17.2 Å². The van der Waals surface area contributed by atoms with Gasteiger partial charge in [0.15, 0.2) is 5.82 Å². The predicted molar refractivity (Wildman–Crippen MR) is 60.9 cm³/mol. The minimum Gasteiger partial charge on any atom is -0.365 e. The number of aromatic nitrogens is 2. The average Bonchev–Trinajstić information content (AvgIpc) is 2.18. The van der Waals surface area contributed by atoms with Crippen molar-refractivity contribution in [3.63, 3.8) is 0 Å². The first kappa shape index (κ1) is 11.7. The van der Waals surface area contributed by atoms with E-state index in [1.807, 2.05) is 6.92 Å². The smallest absolute Gasteiger partial charge is 0.293 e. The Bertz CT molecular complexity index is 359. The number of nitrogens with two attached hydrogens (primary N) is 1. The molecule has 3 N–H and O–H groups in total. The summed E-state index contributed by atoms with van der Waals surface area (Å²) in [5.74, 6) is 0.407. The van der Waals surface area contributed by atoms with Gasteiger partial charge >= 0.3 is 0 Å². The molecule has 1 rings (SSSR count). The Morgan fingerprint density at radius 2 is 2.40 bits per heavy atom. The molecule has 0 saturated heterocycles. The van der Waals surface area contributed by atoms with Crippen LogP contribution < -0.4 is 16.6 Å². The third kappa shape index (κ3) is 3.71. The van der Waals surface area contributed by atoms with E-state index in [9.17, 15) is 4.79 Å². The van der Waals surface area contributed by atoms with Crippen LogP contribution in [0.5, 0.6) is 0 Å². The van der Waals surface area contributed by atoms with Crippen molar-refractivity contribution < 1.29 is 0 Å². The standard InChI is InChI=1S/C10H18N4O/c1-8(11)4-3-5-12-9-10(15)14(2)7-6-13-9/h6-8H,3-5,11H2,1-2H3,(H,12,13). The fourth-order valence-electron chi connectivity index (χ4n) is 1.25. The molecule has 0 aromatic carbocycles. The van der Waals surface area contributed by atoms with Crippen molar-refractivity contribution >= 4 is 5.82 Å². The summed E-state index contributed by atoms with van der Waals surface area (Å²) in [5, 5.41) is 3.01. The van der Waals surface area contributed by atoms with E-state index in [0.717, 1.165) is 19.4 Å². The number of nitrogens with zero attached hydrogens (tertiary/aromatic N) is 2. The average molecular weight is 210 g/mol. The number of anilines is 1. The fourth-order valence-corrected chi connectivity index (χ4v) is 1.25. The van der Waals surface area contributed by atoms with E-state index in [1.54, 1.807) is 19.4 Å². The van der Waals surface area contributed by atoms with Crippen molar-refractivity contribution in [1.82, 2.24) is 9.55 Å². The molecule has 1 atom stereocenters. The maximum atomic E-state index is 11.5. The highest BCUT2D eigenvalue weighted by atomic mass is 16.1. The zero-order valence-electron chi connectivity index (χ0n) is 9.23. The van der Waals surface area contributed by atoms with Crippen molar-refractivity contribution in [2.24, 2.45) is 12.8 Å². The van der Waals surface area contributed by atoms with Crippen LogP contribution in [0.25, 0.3) is 0 Å². The van der Waals surface area contributed by atoms with Crippen molar-refractivity contribution in [2.75, 3.05) is 11.9 Å². The number of hydrogen-bond acceptors (Lipinski definition) is 4. The molecule has 0 aliphatic carbocycles. The van der Waals surface area contributed by atoms with Crippen molar-refractivity contribution in [2.45, 2.75) is 25.8 Å². The molecule has 5 heteroatoms. The van der Waals surface area contributed by atoms with Crippen molar-refractivity contribution in [3.05, 3.63) is 22.7 Å². The first-order valence-electron chi connectivity index (χ1n) is 5.12. The van der Waals surface area contributed by atoms with Gasteiger partial charge in [0.1, 0.15) is 0 Å². The Morgan fingerprint density at radius 3 is 3.07 bits per heavy atom. The highest BCUT2D eigenvalue weighted by Crippen LogP contribution is 1.96. The second-order valence-electron chi connectivity index (χ2n) is 3.74. The lowest BCUT2D eigenvalue weighted by atomic mass is 10.2. The lowest BCUT2D eigenvalue weighted by Gasteiger charge is -2.07. The van der Waals surface area contributed by atoms with Gasteiger partial charge in [0.05, 0.1) is 0 Å². The molecule has 5 nitrogen and oxygen atoms in total. The number of nitrogens with one attached hydrogen (secondary N) is 1. The van der Waals surface area contributed by atoms with Crippen LogP contribution in [0.1, 0.15) is 19.8 Å². The normalized spacial score (nSPS) is 12.5. The van der Waals surface area contributed by atoms with Gasteiger partial charge in [0, 0.05) is 32.0 Å². The van der Waals surface area contributed by atoms with Crippen molar-refractivity contribution in [3.8, 4) is 0 Å². The summed E-state index contributed by atoms with van der Waals surface area (Å²) in [6, 6.07) is 0.207. The third-order valence-corrected chi connectivity index (χ3v) is 2.15. The van der Waals surface area contributed by atoms with Crippen LogP contribution in [0, 0.1) is 0 Å². The number of rotatable bonds is 5. The lowest BCUT2D eigenvalue weighted by molar-refractivity contribution is 0.638. The quantitative estimate of drug-likeness (QED) is 0.686. The molecule has 15 heavy (non-hydrogen) atoms. The Balaban J connectivity index is 2.44. The monoisotopic (exact) mass is 210 g/mol. The molecule has 1 aromatic rings. The molecule has 0 amide bonds. The second kappa shape index (κ2) is 5.50. The minimum absolute atomic E-state index is 0.0988.